The van der Waals surface area contributed by atoms with Gasteiger partial charge in [0.25, 0.3) is 5.91 Å². The van der Waals surface area contributed by atoms with Crippen LogP contribution in [0.3, 0.4) is 0 Å². The van der Waals surface area contributed by atoms with Gasteiger partial charge >= 0.3 is 5.97 Å². The summed E-state index contributed by atoms with van der Waals surface area (Å²) in [5, 5.41) is 2.47. The number of halogens is 1. The average molecular weight is 420 g/mol. The van der Waals surface area contributed by atoms with Crippen molar-refractivity contribution in [3.05, 3.63) is 59.9 Å². The molecule has 9 heteroatoms. The highest BCUT2D eigenvalue weighted by atomic mass is 32.2. The fourth-order valence-electron chi connectivity index (χ4n) is 2.96. The highest BCUT2D eigenvalue weighted by Gasteiger charge is 2.26. The maximum absolute atomic E-state index is 12.9. The van der Waals surface area contributed by atoms with E-state index in [0.29, 0.717) is 18.8 Å². The fraction of sp³-hybridized carbons (Fsp3) is 0.300. The minimum absolute atomic E-state index is 0.116. The molecule has 0 radical (unpaired) electrons. The second kappa shape index (κ2) is 9.15. The number of ether oxygens (including phenoxy) is 1. The Hall–Kier alpha value is -2.78. The summed E-state index contributed by atoms with van der Waals surface area (Å²) >= 11 is 0. The molecule has 29 heavy (non-hydrogen) atoms. The molecule has 154 valence electrons. The van der Waals surface area contributed by atoms with E-state index in [1.165, 1.54) is 52.8 Å². The third-order valence-electron chi connectivity index (χ3n) is 4.51. The maximum atomic E-state index is 12.9. The van der Waals surface area contributed by atoms with Crippen molar-refractivity contribution in [2.75, 3.05) is 25.0 Å². The van der Waals surface area contributed by atoms with E-state index in [-0.39, 0.29) is 10.5 Å². The molecule has 2 aromatic carbocycles. The first-order valence-corrected chi connectivity index (χ1v) is 10.6. The Bertz CT molecular complexity index is 969. The molecule has 0 aromatic heterocycles. The Balaban J connectivity index is 1.56. The topological polar surface area (TPSA) is 92.8 Å². The average Bonchev–Trinajstić information content (AvgIpc) is 2.74. The van der Waals surface area contributed by atoms with Gasteiger partial charge in [0.1, 0.15) is 5.82 Å². The van der Waals surface area contributed by atoms with E-state index in [1.807, 2.05) is 0 Å². The van der Waals surface area contributed by atoms with Gasteiger partial charge in [-0.1, -0.05) is 6.42 Å². The van der Waals surface area contributed by atoms with E-state index in [0.717, 1.165) is 19.3 Å². The summed E-state index contributed by atoms with van der Waals surface area (Å²) in [5.41, 5.74) is 0.511. The monoisotopic (exact) mass is 420 g/mol. The zero-order valence-electron chi connectivity index (χ0n) is 15.6. The second-order valence-corrected chi connectivity index (χ2v) is 8.56. The van der Waals surface area contributed by atoms with Crippen molar-refractivity contribution in [1.29, 1.82) is 0 Å². The van der Waals surface area contributed by atoms with Crippen molar-refractivity contribution in [1.82, 2.24) is 4.31 Å². The van der Waals surface area contributed by atoms with Gasteiger partial charge in [0.2, 0.25) is 10.0 Å². The van der Waals surface area contributed by atoms with Crippen LogP contribution in [0.1, 0.15) is 29.6 Å². The van der Waals surface area contributed by atoms with Crippen LogP contribution in [-0.2, 0) is 19.6 Å². The highest BCUT2D eigenvalue weighted by Crippen LogP contribution is 2.21. The summed E-state index contributed by atoms with van der Waals surface area (Å²) in [6, 6.07) is 10.6. The number of hydrogen-bond donors (Lipinski definition) is 1. The fourth-order valence-corrected chi connectivity index (χ4v) is 4.48. The van der Waals surface area contributed by atoms with Crippen LogP contribution in [0.5, 0.6) is 0 Å². The van der Waals surface area contributed by atoms with Crippen LogP contribution in [0.25, 0.3) is 0 Å². The molecule has 0 saturated carbocycles. The van der Waals surface area contributed by atoms with Crippen LogP contribution >= 0.6 is 0 Å². The molecule has 1 aliphatic heterocycles. The lowest BCUT2D eigenvalue weighted by Crippen LogP contribution is -2.35. The standard InChI is InChI=1S/C20H21FN2O5S/c21-16-6-8-17(9-7-16)22-19(24)14-28-20(25)15-4-10-18(11-5-15)29(26,27)23-12-2-1-3-13-23/h4-11H,1-3,12-14H2,(H,22,24). The molecule has 0 aliphatic carbocycles. The predicted octanol–water partition coefficient (Wildman–Crippen LogP) is 2.80. The van der Waals surface area contributed by atoms with Gasteiger partial charge in [-0.2, -0.15) is 4.31 Å². The summed E-state index contributed by atoms with van der Waals surface area (Å²) in [7, 11) is -3.58. The minimum atomic E-state index is -3.58. The first kappa shape index (κ1) is 20.9. The summed E-state index contributed by atoms with van der Waals surface area (Å²) in [4.78, 5) is 24.0. The Morgan fingerprint density at radius 3 is 2.21 bits per heavy atom. The molecular weight excluding hydrogens is 399 g/mol. The number of sulfonamides is 1. The van der Waals surface area contributed by atoms with Gasteiger partial charge in [0, 0.05) is 18.8 Å². The van der Waals surface area contributed by atoms with Gasteiger partial charge < -0.3 is 10.1 Å². The third kappa shape index (κ3) is 5.39. The quantitative estimate of drug-likeness (QED) is 0.726. The molecule has 7 nitrogen and oxygen atoms in total. The largest absolute Gasteiger partial charge is 0.452 e. The number of carbonyl (C=O) groups excluding carboxylic acids is 2. The number of nitrogens with one attached hydrogen (secondary N) is 1. The molecule has 3 rings (SSSR count). The predicted molar refractivity (Wildman–Crippen MR) is 104 cm³/mol. The van der Waals surface area contributed by atoms with Gasteiger partial charge in [-0.3, -0.25) is 4.79 Å². The molecular formula is C20H21FN2O5S. The van der Waals surface area contributed by atoms with Gasteiger partial charge in [-0.15, -0.1) is 0 Å². The molecule has 1 saturated heterocycles. The molecule has 1 fully saturated rings. The van der Waals surface area contributed by atoms with E-state index in [9.17, 15) is 22.4 Å². The normalized spacial score (nSPS) is 14.9. The summed E-state index contributed by atoms with van der Waals surface area (Å²) in [6.07, 6.45) is 2.69. The molecule has 0 unspecified atom stereocenters. The van der Waals surface area contributed by atoms with Crippen molar-refractivity contribution in [3.8, 4) is 0 Å². The number of amides is 1. The summed E-state index contributed by atoms with van der Waals surface area (Å²) in [5.74, 6) is -1.75. The Morgan fingerprint density at radius 1 is 0.966 bits per heavy atom. The van der Waals surface area contributed by atoms with Crippen molar-refractivity contribution < 1.29 is 27.1 Å². The number of rotatable bonds is 6. The van der Waals surface area contributed by atoms with E-state index in [2.05, 4.69) is 5.32 Å². The number of anilines is 1. The molecule has 1 heterocycles. The van der Waals surface area contributed by atoms with Crippen LogP contribution in [0, 0.1) is 5.82 Å². The molecule has 1 amide bonds. The molecule has 1 aliphatic rings. The number of nitrogens with zero attached hydrogens (tertiary/aromatic N) is 1. The van der Waals surface area contributed by atoms with Crippen molar-refractivity contribution in [2.24, 2.45) is 0 Å². The number of carbonyl (C=O) groups is 2. The van der Waals surface area contributed by atoms with Crippen LogP contribution in [-0.4, -0.2) is 44.3 Å². The third-order valence-corrected chi connectivity index (χ3v) is 6.42. The molecule has 1 N–H and O–H groups in total. The second-order valence-electron chi connectivity index (χ2n) is 6.62. The first-order valence-electron chi connectivity index (χ1n) is 9.19. The number of hydrogen-bond acceptors (Lipinski definition) is 5. The smallest absolute Gasteiger partial charge is 0.338 e. The number of esters is 1. The lowest BCUT2D eigenvalue weighted by atomic mass is 10.2. The highest BCUT2D eigenvalue weighted by molar-refractivity contribution is 7.89. The number of piperidine rings is 1. The van der Waals surface area contributed by atoms with Gasteiger partial charge in [-0.05, 0) is 61.4 Å². The van der Waals surface area contributed by atoms with E-state index < -0.39 is 34.3 Å². The lowest BCUT2D eigenvalue weighted by molar-refractivity contribution is -0.119. The zero-order chi connectivity index (χ0) is 20.9. The first-order chi connectivity index (χ1) is 13.9. The van der Waals surface area contributed by atoms with Gasteiger partial charge in [0.15, 0.2) is 6.61 Å². The maximum Gasteiger partial charge on any atom is 0.338 e. The van der Waals surface area contributed by atoms with Crippen LogP contribution in [0.4, 0.5) is 10.1 Å². The van der Waals surface area contributed by atoms with Crippen LogP contribution in [0.2, 0.25) is 0 Å². The van der Waals surface area contributed by atoms with E-state index in [4.69, 9.17) is 4.74 Å². The van der Waals surface area contributed by atoms with Gasteiger partial charge in [0.05, 0.1) is 10.5 Å². The summed E-state index contributed by atoms with van der Waals surface area (Å²) in [6.45, 7) is 0.467. The SMILES string of the molecule is O=C(COC(=O)c1ccc(S(=O)(=O)N2CCCCC2)cc1)Nc1ccc(F)cc1. The molecule has 0 atom stereocenters. The van der Waals surface area contributed by atoms with E-state index >= 15 is 0 Å². The Labute approximate surface area is 168 Å². The van der Waals surface area contributed by atoms with Gasteiger partial charge in [-0.25, -0.2) is 17.6 Å². The molecule has 0 bridgehead atoms. The minimum Gasteiger partial charge on any atom is -0.452 e. The van der Waals surface area contributed by atoms with Crippen molar-refractivity contribution in [2.45, 2.75) is 24.2 Å². The van der Waals surface area contributed by atoms with Crippen LogP contribution in [0.15, 0.2) is 53.4 Å². The Morgan fingerprint density at radius 2 is 1.59 bits per heavy atom. The molecule has 0 spiro atoms. The lowest BCUT2D eigenvalue weighted by Gasteiger charge is -2.25. The molecule has 2 aromatic rings. The Kier molecular flexibility index (Phi) is 6.60. The van der Waals surface area contributed by atoms with Crippen molar-refractivity contribution in [3.63, 3.8) is 0 Å². The number of benzene rings is 2. The summed E-state index contributed by atoms with van der Waals surface area (Å²) < 4.78 is 44.5. The van der Waals surface area contributed by atoms with Crippen molar-refractivity contribution >= 4 is 27.6 Å². The van der Waals surface area contributed by atoms with Crippen LogP contribution < -0.4 is 5.32 Å². The zero-order valence-corrected chi connectivity index (χ0v) is 16.5. The van der Waals surface area contributed by atoms with E-state index in [1.54, 1.807) is 0 Å².